The van der Waals surface area contributed by atoms with E-state index < -0.39 is 11.4 Å². The summed E-state index contributed by atoms with van der Waals surface area (Å²) in [5, 5.41) is 12.8. The van der Waals surface area contributed by atoms with Gasteiger partial charge < -0.3 is 20.1 Å². The van der Waals surface area contributed by atoms with Crippen LogP contribution in [0.3, 0.4) is 0 Å². The van der Waals surface area contributed by atoms with Crippen molar-refractivity contribution in [1.82, 2.24) is 10.2 Å². The third-order valence-corrected chi connectivity index (χ3v) is 6.37. The van der Waals surface area contributed by atoms with Crippen molar-refractivity contribution >= 4 is 12.0 Å². The highest BCUT2D eigenvalue weighted by Gasteiger charge is 2.56. The van der Waals surface area contributed by atoms with E-state index in [0.29, 0.717) is 38.1 Å². The van der Waals surface area contributed by atoms with E-state index in [0.717, 1.165) is 25.7 Å². The summed E-state index contributed by atoms with van der Waals surface area (Å²) < 4.78 is 5.80. The molecule has 2 N–H and O–H groups in total. The summed E-state index contributed by atoms with van der Waals surface area (Å²) in [6.07, 6.45) is 7.16. The third-order valence-electron chi connectivity index (χ3n) is 6.37. The Bertz CT molecular complexity index is 507. The lowest BCUT2D eigenvalue weighted by atomic mass is 9.81. The molecule has 0 bridgehead atoms. The summed E-state index contributed by atoms with van der Waals surface area (Å²) in [6.45, 7) is 1.68. The molecular formula is C17H26N2O4. The molecule has 0 spiro atoms. The first-order chi connectivity index (χ1) is 11.1. The van der Waals surface area contributed by atoms with Gasteiger partial charge >= 0.3 is 12.0 Å². The lowest BCUT2D eigenvalue weighted by Gasteiger charge is -2.32. The van der Waals surface area contributed by atoms with Crippen molar-refractivity contribution in [3.8, 4) is 0 Å². The first-order valence-corrected chi connectivity index (χ1v) is 8.99. The van der Waals surface area contributed by atoms with Crippen molar-refractivity contribution in [2.24, 2.45) is 17.3 Å². The number of hydrogen-bond donors (Lipinski definition) is 2. The standard InChI is InChI=1S/C17H26N2O4/c20-15(21)17-6-1-2-12(17)9-19(10-17)16(22)18-13-5-7-23-14(8-13)11-3-4-11/h11-14H,1-10H2,(H,18,22)(H,20,21)/t12-,13?,14?,17+/m0/s1. The average Bonchev–Trinajstić information content (AvgIpc) is 3.18. The molecule has 2 aliphatic heterocycles. The quantitative estimate of drug-likeness (QED) is 0.831. The molecule has 0 radical (unpaired) electrons. The zero-order valence-electron chi connectivity index (χ0n) is 13.5. The van der Waals surface area contributed by atoms with Crippen LogP contribution >= 0.6 is 0 Å². The Morgan fingerprint density at radius 1 is 1.22 bits per heavy atom. The van der Waals surface area contributed by atoms with Gasteiger partial charge in [0, 0.05) is 25.7 Å². The van der Waals surface area contributed by atoms with Crippen molar-refractivity contribution in [2.45, 2.75) is 57.1 Å². The second-order valence-corrected chi connectivity index (χ2v) is 7.85. The van der Waals surface area contributed by atoms with Crippen molar-refractivity contribution < 1.29 is 19.4 Å². The normalized spacial score (nSPS) is 40.0. The van der Waals surface area contributed by atoms with Crippen LogP contribution in [0.1, 0.15) is 44.9 Å². The van der Waals surface area contributed by atoms with Gasteiger partial charge in [-0.15, -0.1) is 0 Å². The Kier molecular flexibility index (Phi) is 3.75. The van der Waals surface area contributed by atoms with Crippen LogP contribution in [0, 0.1) is 17.3 Å². The number of nitrogens with one attached hydrogen (secondary N) is 1. The number of aliphatic carboxylic acids is 1. The number of amides is 2. The molecule has 4 atom stereocenters. The van der Waals surface area contributed by atoms with E-state index in [1.807, 2.05) is 0 Å². The molecule has 6 heteroatoms. The Labute approximate surface area is 136 Å². The van der Waals surface area contributed by atoms with Gasteiger partial charge in [0.1, 0.15) is 0 Å². The number of ether oxygens (including phenoxy) is 1. The zero-order chi connectivity index (χ0) is 16.0. The molecule has 23 heavy (non-hydrogen) atoms. The number of likely N-dealkylation sites (tertiary alicyclic amines) is 1. The maximum absolute atomic E-state index is 12.6. The summed E-state index contributed by atoms with van der Waals surface area (Å²) in [5.74, 6) is 0.0888. The minimum absolute atomic E-state index is 0.0820. The van der Waals surface area contributed by atoms with Crippen molar-refractivity contribution in [2.75, 3.05) is 19.7 Å². The molecule has 2 saturated carbocycles. The van der Waals surface area contributed by atoms with Gasteiger partial charge in [0.05, 0.1) is 11.5 Å². The number of hydrogen-bond acceptors (Lipinski definition) is 3. The second-order valence-electron chi connectivity index (χ2n) is 7.85. The van der Waals surface area contributed by atoms with Crippen LogP contribution in [-0.2, 0) is 9.53 Å². The lowest BCUT2D eigenvalue weighted by molar-refractivity contribution is -0.149. The molecule has 2 aliphatic carbocycles. The highest BCUT2D eigenvalue weighted by Crippen LogP contribution is 2.48. The molecule has 4 rings (SSSR count). The Balaban J connectivity index is 1.35. The molecule has 0 aromatic carbocycles. The molecule has 2 unspecified atom stereocenters. The fourth-order valence-electron chi connectivity index (χ4n) is 4.82. The van der Waals surface area contributed by atoms with E-state index in [-0.39, 0.29) is 18.0 Å². The number of carbonyl (C=O) groups excluding carboxylic acids is 1. The number of urea groups is 1. The molecular weight excluding hydrogens is 296 g/mol. The molecule has 2 amide bonds. The summed E-state index contributed by atoms with van der Waals surface area (Å²) in [7, 11) is 0. The van der Waals surface area contributed by atoms with E-state index in [4.69, 9.17) is 4.74 Å². The summed E-state index contributed by atoms with van der Waals surface area (Å²) in [5.41, 5.74) is -0.691. The SMILES string of the molecule is O=C(NC1CCOC(C2CC2)C1)N1C[C@@H]2CCC[C@@]2(C(=O)O)C1. The molecule has 2 heterocycles. The molecule has 0 aromatic rings. The first-order valence-electron chi connectivity index (χ1n) is 8.99. The molecule has 128 valence electrons. The highest BCUT2D eigenvalue weighted by atomic mass is 16.5. The Morgan fingerprint density at radius 3 is 2.74 bits per heavy atom. The van der Waals surface area contributed by atoms with E-state index in [2.05, 4.69) is 5.32 Å². The van der Waals surface area contributed by atoms with E-state index in [9.17, 15) is 14.7 Å². The fraction of sp³-hybridized carbons (Fsp3) is 0.882. The van der Waals surface area contributed by atoms with Crippen LogP contribution < -0.4 is 5.32 Å². The van der Waals surface area contributed by atoms with Crippen LogP contribution in [-0.4, -0.2) is 53.8 Å². The average molecular weight is 322 g/mol. The Morgan fingerprint density at radius 2 is 2.04 bits per heavy atom. The van der Waals surface area contributed by atoms with E-state index in [1.165, 1.54) is 12.8 Å². The topological polar surface area (TPSA) is 78.9 Å². The first kappa shape index (κ1) is 15.2. The van der Waals surface area contributed by atoms with Gasteiger partial charge in [-0.3, -0.25) is 4.79 Å². The van der Waals surface area contributed by atoms with Crippen molar-refractivity contribution in [3.63, 3.8) is 0 Å². The summed E-state index contributed by atoms with van der Waals surface area (Å²) >= 11 is 0. The molecule has 0 aromatic heterocycles. The lowest BCUT2D eigenvalue weighted by Crippen LogP contribution is -2.48. The number of carboxylic acids is 1. The molecule has 4 fully saturated rings. The van der Waals surface area contributed by atoms with Gasteiger partial charge in [0.25, 0.3) is 0 Å². The van der Waals surface area contributed by atoms with Crippen LogP contribution in [0.5, 0.6) is 0 Å². The van der Waals surface area contributed by atoms with E-state index in [1.54, 1.807) is 4.90 Å². The monoisotopic (exact) mass is 322 g/mol. The largest absolute Gasteiger partial charge is 0.481 e. The van der Waals surface area contributed by atoms with Gasteiger partial charge in [0.15, 0.2) is 0 Å². The summed E-state index contributed by atoms with van der Waals surface area (Å²) in [6, 6.07) is 0.0875. The summed E-state index contributed by atoms with van der Waals surface area (Å²) in [4.78, 5) is 26.0. The van der Waals surface area contributed by atoms with Crippen molar-refractivity contribution in [3.05, 3.63) is 0 Å². The minimum Gasteiger partial charge on any atom is -0.481 e. The number of carboxylic acid groups (broad SMARTS) is 1. The van der Waals surface area contributed by atoms with Gasteiger partial charge in [0.2, 0.25) is 0 Å². The molecule has 2 saturated heterocycles. The van der Waals surface area contributed by atoms with Crippen molar-refractivity contribution in [1.29, 1.82) is 0 Å². The smallest absolute Gasteiger partial charge is 0.317 e. The predicted octanol–water partition coefficient (Wildman–Crippen LogP) is 1.84. The maximum Gasteiger partial charge on any atom is 0.317 e. The number of carbonyl (C=O) groups is 2. The third kappa shape index (κ3) is 2.71. The minimum atomic E-state index is -0.727. The Hall–Kier alpha value is -1.30. The second kappa shape index (κ2) is 5.65. The molecule has 4 aliphatic rings. The van der Waals surface area contributed by atoms with Gasteiger partial charge in [-0.05, 0) is 50.4 Å². The van der Waals surface area contributed by atoms with E-state index >= 15 is 0 Å². The predicted molar refractivity (Wildman–Crippen MR) is 83.0 cm³/mol. The van der Waals surface area contributed by atoms with Crippen LogP contribution in [0.2, 0.25) is 0 Å². The van der Waals surface area contributed by atoms with Gasteiger partial charge in [-0.1, -0.05) is 6.42 Å². The number of fused-ring (bicyclic) bond motifs is 1. The van der Waals surface area contributed by atoms with Crippen LogP contribution in [0.15, 0.2) is 0 Å². The van der Waals surface area contributed by atoms with Gasteiger partial charge in [-0.2, -0.15) is 0 Å². The molecule has 6 nitrogen and oxygen atoms in total. The fourth-order valence-corrected chi connectivity index (χ4v) is 4.82. The number of nitrogens with zero attached hydrogens (tertiary/aromatic N) is 1. The highest BCUT2D eigenvalue weighted by molar-refractivity contribution is 5.80. The number of rotatable bonds is 3. The van der Waals surface area contributed by atoms with Crippen LogP contribution in [0.25, 0.3) is 0 Å². The zero-order valence-corrected chi connectivity index (χ0v) is 13.5. The van der Waals surface area contributed by atoms with Gasteiger partial charge in [-0.25, -0.2) is 4.79 Å². The van der Waals surface area contributed by atoms with Crippen LogP contribution in [0.4, 0.5) is 4.79 Å². The maximum atomic E-state index is 12.6.